The molecule has 0 atom stereocenters. The van der Waals surface area contributed by atoms with E-state index >= 15 is 0 Å². The largest absolute Gasteiger partial charge is 0.350 e. The number of nitrogens with one attached hydrogen (secondary N) is 1. The number of nitrogens with zero attached hydrogens (tertiary/aromatic N) is 4. The molecule has 3 aromatic carbocycles. The third-order valence-electron chi connectivity index (χ3n) is 6.50. The lowest BCUT2D eigenvalue weighted by Gasteiger charge is -2.22. The molecule has 1 saturated heterocycles. The molecule has 1 aromatic heterocycles. The Morgan fingerprint density at radius 2 is 1.69 bits per heavy atom. The van der Waals surface area contributed by atoms with Gasteiger partial charge in [0.2, 0.25) is 5.91 Å². The van der Waals surface area contributed by atoms with Crippen LogP contribution in [0.1, 0.15) is 34.6 Å². The standard InChI is InChI=1S/C29H29N5O2/c1-33(20-28(35)34-16-4-5-17-34)27-14-15-30-26(32-27)18-21-8-12-25(13-9-21)31-29(36)24-11-10-22-6-2-3-7-23(22)19-24/h2-3,6-15,19H,4-5,16-18,20H2,1H3,(H,31,36). The van der Waals surface area contributed by atoms with Crippen LogP contribution in [0.4, 0.5) is 11.5 Å². The summed E-state index contributed by atoms with van der Waals surface area (Å²) in [7, 11) is 1.88. The summed E-state index contributed by atoms with van der Waals surface area (Å²) in [5.74, 6) is 1.40. The highest BCUT2D eigenvalue weighted by Crippen LogP contribution is 2.18. The number of likely N-dealkylation sites (tertiary alicyclic amines) is 1. The van der Waals surface area contributed by atoms with Gasteiger partial charge in [-0.25, -0.2) is 9.97 Å². The van der Waals surface area contributed by atoms with E-state index in [0.29, 0.717) is 24.4 Å². The summed E-state index contributed by atoms with van der Waals surface area (Å²) in [5.41, 5.74) is 2.38. The Morgan fingerprint density at radius 1 is 0.944 bits per heavy atom. The lowest BCUT2D eigenvalue weighted by atomic mass is 10.1. The van der Waals surface area contributed by atoms with E-state index in [9.17, 15) is 9.59 Å². The monoisotopic (exact) mass is 479 g/mol. The second-order valence-corrected chi connectivity index (χ2v) is 9.16. The molecule has 7 heteroatoms. The Labute approximate surface area is 210 Å². The number of likely N-dealkylation sites (N-methyl/N-ethyl adjacent to an activating group) is 1. The normalized spacial score (nSPS) is 13.1. The molecule has 1 fully saturated rings. The molecule has 0 radical (unpaired) electrons. The molecule has 0 spiro atoms. The maximum Gasteiger partial charge on any atom is 0.255 e. The lowest BCUT2D eigenvalue weighted by Crippen LogP contribution is -2.37. The molecule has 1 N–H and O–H groups in total. The first kappa shape index (κ1) is 23.5. The molecule has 0 saturated carbocycles. The van der Waals surface area contributed by atoms with E-state index in [1.54, 1.807) is 6.20 Å². The van der Waals surface area contributed by atoms with Gasteiger partial charge in [-0.1, -0.05) is 42.5 Å². The van der Waals surface area contributed by atoms with Gasteiger partial charge in [0, 0.05) is 44.0 Å². The van der Waals surface area contributed by atoms with Crippen molar-refractivity contribution in [2.75, 3.05) is 36.9 Å². The van der Waals surface area contributed by atoms with E-state index in [1.807, 2.05) is 89.6 Å². The van der Waals surface area contributed by atoms with Crippen molar-refractivity contribution in [2.45, 2.75) is 19.3 Å². The molecule has 5 rings (SSSR count). The number of hydrogen-bond donors (Lipinski definition) is 1. The van der Waals surface area contributed by atoms with Crippen molar-refractivity contribution in [3.8, 4) is 0 Å². The second-order valence-electron chi connectivity index (χ2n) is 9.16. The topological polar surface area (TPSA) is 78.4 Å². The Hall–Kier alpha value is -4.26. The molecule has 1 aliphatic rings. The van der Waals surface area contributed by atoms with E-state index < -0.39 is 0 Å². The summed E-state index contributed by atoms with van der Waals surface area (Å²) in [6, 6.07) is 23.2. The van der Waals surface area contributed by atoms with Crippen LogP contribution < -0.4 is 10.2 Å². The smallest absolute Gasteiger partial charge is 0.255 e. The predicted octanol–water partition coefficient (Wildman–Crippen LogP) is 4.53. The van der Waals surface area contributed by atoms with Crippen LogP contribution in [0.25, 0.3) is 10.8 Å². The minimum atomic E-state index is -0.143. The molecule has 4 aromatic rings. The van der Waals surface area contributed by atoms with Gasteiger partial charge in [-0.2, -0.15) is 0 Å². The lowest BCUT2D eigenvalue weighted by molar-refractivity contribution is -0.128. The van der Waals surface area contributed by atoms with Gasteiger partial charge in [-0.3, -0.25) is 9.59 Å². The van der Waals surface area contributed by atoms with Crippen LogP contribution in [-0.2, 0) is 11.2 Å². The highest BCUT2D eigenvalue weighted by molar-refractivity contribution is 6.06. The van der Waals surface area contributed by atoms with E-state index in [1.165, 1.54) is 0 Å². The maximum atomic E-state index is 12.7. The summed E-state index contributed by atoms with van der Waals surface area (Å²) in [6.07, 6.45) is 4.45. The number of hydrogen-bond acceptors (Lipinski definition) is 5. The molecular weight excluding hydrogens is 450 g/mol. The van der Waals surface area contributed by atoms with Crippen LogP contribution in [0.15, 0.2) is 79.0 Å². The molecule has 36 heavy (non-hydrogen) atoms. The van der Waals surface area contributed by atoms with Gasteiger partial charge in [0.1, 0.15) is 11.6 Å². The molecule has 182 valence electrons. The minimum Gasteiger partial charge on any atom is -0.350 e. The van der Waals surface area contributed by atoms with E-state index in [2.05, 4.69) is 15.3 Å². The highest BCUT2D eigenvalue weighted by atomic mass is 16.2. The zero-order valence-corrected chi connectivity index (χ0v) is 20.4. The quantitative estimate of drug-likeness (QED) is 0.421. The van der Waals surface area contributed by atoms with Crippen molar-refractivity contribution < 1.29 is 9.59 Å². The van der Waals surface area contributed by atoms with Crippen LogP contribution in [0.3, 0.4) is 0 Å². The number of aromatic nitrogens is 2. The van der Waals surface area contributed by atoms with Gasteiger partial charge in [-0.15, -0.1) is 0 Å². The molecule has 2 heterocycles. The first-order valence-electron chi connectivity index (χ1n) is 12.2. The number of anilines is 2. The average molecular weight is 480 g/mol. The SMILES string of the molecule is CN(CC(=O)N1CCCC1)c1ccnc(Cc2ccc(NC(=O)c3ccc4ccccc4c3)cc2)n1. The van der Waals surface area contributed by atoms with Crippen LogP contribution in [0.2, 0.25) is 0 Å². The van der Waals surface area contributed by atoms with E-state index in [-0.39, 0.29) is 11.8 Å². The summed E-state index contributed by atoms with van der Waals surface area (Å²) < 4.78 is 0. The van der Waals surface area contributed by atoms with Gasteiger partial charge in [0.15, 0.2) is 0 Å². The minimum absolute atomic E-state index is 0.136. The van der Waals surface area contributed by atoms with Crippen LogP contribution in [0, 0.1) is 0 Å². The van der Waals surface area contributed by atoms with Crippen molar-refractivity contribution >= 4 is 34.1 Å². The molecule has 2 amide bonds. The highest BCUT2D eigenvalue weighted by Gasteiger charge is 2.19. The average Bonchev–Trinajstić information content (AvgIpc) is 3.45. The fourth-order valence-electron chi connectivity index (χ4n) is 4.46. The zero-order valence-electron chi connectivity index (χ0n) is 20.4. The first-order chi connectivity index (χ1) is 17.5. The number of carbonyl (C=O) groups is 2. The van der Waals surface area contributed by atoms with Crippen molar-refractivity contribution in [3.05, 3.63) is 95.9 Å². The van der Waals surface area contributed by atoms with Crippen molar-refractivity contribution in [3.63, 3.8) is 0 Å². The summed E-state index contributed by atoms with van der Waals surface area (Å²) in [5, 5.41) is 5.11. The maximum absolute atomic E-state index is 12.7. The Kier molecular flexibility index (Phi) is 6.89. The molecule has 1 aliphatic heterocycles. The first-order valence-corrected chi connectivity index (χ1v) is 12.2. The summed E-state index contributed by atoms with van der Waals surface area (Å²) in [6.45, 7) is 2.00. The van der Waals surface area contributed by atoms with Gasteiger partial charge >= 0.3 is 0 Å². The zero-order chi connectivity index (χ0) is 24.9. The van der Waals surface area contributed by atoms with Crippen molar-refractivity contribution in [1.29, 1.82) is 0 Å². The van der Waals surface area contributed by atoms with E-state index in [0.717, 1.165) is 53.8 Å². The van der Waals surface area contributed by atoms with Gasteiger partial charge in [-0.05, 0) is 59.5 Å². The van der Waals surface area contributed by atoms with Gasteiger partial charge in [0.05, 0.1) is 6.54 Å². The summed E-state index contributed by atoms with van der Waals surface area (Å²) in [4.78, 5) is 38.1. The molecular formula is C29H29N5O2. The molecule has 0 bridgehead atoms. The Morgan fingerprint density at radius 3 is 2.47 bits per heavy atom. The predicted molar refractivity (Wildman–Crippen MR) is 142 cm³/mol. The van der Waals surface area contributed by atoms with Crippen molar-refractivity contribution in [1.82, 2.24) is 14.9 Å². The third-order valence-corrected chi connectivity index (χ3v) is 6.50. The fraction of sp³-hybridized carbons (Fsp3) is 0.241. The van der Waals surface area contributed by atoms with Crippen LogP contribution in [-0.4, -0.2) is 53.4 Å². The van der Waals surface area contributed by atoms with Crippen LogP contribution >= 0.6 is 0 Å². The Bertz CT molecular complexity index is 1380. The molecule has 7 nitrogen and oxygen atoms in total. The Balaban J connectivity index is 1.20. The molecule has 0 aliphatic carbocycles. The van der Waals surface area contributed by atoms with Gasteiger partial charge < -0.3 is 15.1 Å². The van der Waals surface area contributed by atoms with Crippen molar-refractivity contribution in [2.24, 2.45) is 0 Å². The number of benzene rings is 3. The number of fused-ring (bicyclic) bond motifs is 1. The number of carbonyl (C=O) groups excluding carboxylic acids is 2. The molecule has 0 unspecified atom stereocenters. The van der Waals surface area contributed by atoms with Crippen LogP contribution in [0.5, 0.6) is 0 Å². The fourth-order valence-corrected chi connectivity index (χ4v) is 4.46. The number of rotatable bonds is 7. The second kappa shape index (κ2) is 10.6. The number of amides is 2. The van der Waals surface area contributed by atoms with Gasteiger partial charge in [0.25, 0.3) is 5.91 Å². The third kappa shape index (κ3) is 5.51. The van der Waals surface area contributed by atoms with E-state index in [4.69, 9.17) is 0 Å². The summed E-state index contributed by atoms with van der Waals surface area (Å²) >= 11 is 0.